The van der Waals surface area contributed by atoms with Gasteiger partial charge in [-0.2, -0.15) is 0 Å². The van der Waals surface area contributed by atoms with Crippen molar-refractivity contribution >= 4 is 23.7 Å². The molecule has 100 valence electrons. The molecule has 5 nitrogen and oxygen atoms in total. The molecule has 0 aliphatic carbocycles. The van der Waals surface area contributed by atoms with E-state index in [2.05, 4.69) is 10.6 Å². The van der Waals surface area contributed by atoms with Gasteiger partial charge in [-0.1, -0.05) is 36.4 Å². The van der Waals surface area contributed by atoms with Crippen LogP contribution in [0.4, 0.5) is 0 Å². The van der Waals surface area contributed by atoms with Gasteiger partial charge in [-0.3, -0.25) is 14.4 Å². The van der Waals surface area contributed by atoms with Crippen molar-refractivity contribution in [2.75, 3.05) is 13.6 Å². The van der Waals surface area contributed by atoms with Crippen LogP contribution in [0.2, 0.25) is 0 Å². The van der Waals surface area contributed by atoms with Crippen LogP contribution < -0.4 is 10.6 Å². The van der Waals surface area contributed by atoms with Gasteiger partial charge in [0.05, 0.1) is 0 Å². The van der Waals surface area contributed by atoms with E-state index in [0.717, 1.165) is 5.56 Å². The highest BCUT2D eigenvalue weighted by Gasteiger charge is 2.09. The second-order valence-corrected chi connectivity index (χ2v) is 3.79. The van der Waals surface area contributed by atoms with Gasteiger partial charge in [0.1, 0.15) is 0 Å². The number of rotatable bonds is 6. The number of ketones is 1. The molecule has 0 fully saturated rings. The lowest BCUT2D eigenvalue weighted by molar-refractivity contribution is -0.135. The molecular weight excluding hydrogens is 244 g/mol. The monoisotopic (exact) mass is 260 g/mol. The van der Waals surface area contributed by atoms with Gasteiger partial charge in [-0.15, -0.1) is 0 Å². The Kier molecular flexibility index (Phi) is 6.02. The summed E-state index contributed by atoms with van der Waals surface area (Å²) >= 11 is 0. The number of benzene rings is 1. The van der Waals surface area contributed by atoms with Crippen LogP contribution in [0.3, 0.4) is 0 Å². The molecule has 0 saturated carbocycles. The standard InChI is InChI=1S/C14H16N2O3/c1-15-13(18)9-10-16-14(19)12(17)8-7-11-5-3-2-4-6-11/h2-8H,9-10H2,1H3,(H,15,18)(H,16,19). The highest BCUT2D eigenvalue weighted by molar-refractivity contribution is 6.41. The van der Waals surface area contributed by atoms with Crippen molar-refractivity contribution in [1.82, 2.24) is 10.6 Å². The van der Waals surface area contributed by atoms with E-state index in [1.807, 2.05) is 30.3 Å². The summed E-state index contributed by atoms with van der Waals surface area (Å²) in [7, 11) is 1.51. The number of hydrogen-bond acceptors (Lipinski definition) is 3. The summed E-state index contributed by atoms with van der Waals surface area (Å²) < 4.78 is 0. The summed E-state index contributed by atoms with van der Waals surface area (Å²) in [6.07, 6.45) is 2.93. The van der Waals surface area contributed by atoms with Gasteiger partial charge in [0.25, 0.3) is 5.91 Å². The van der Waals surface area contributed by atoms with Gasteiger partial charge in [0, 0.05) is 20.0 Å². The second-order valence-electron chi connectivity index (χ2n) is 3.79. The third-order valence-corrected chi connectivity index (χ3v) is 2.37. The zero-order chi connectivity index (χ0) is 14.1. The summed E-state index contributed by atoms with van der Waals surface area (Å²) in [5.74, 6) is -1.54. The molecule has 0 radical (unpaired) electrons. The van der Waals surface area contributed by atoms with Crippen LogP contribution in [-0.2, 0) is 14.4 Å². The lowest BCUT2D eigenvalue weighted by Crippen LogP contribution is -2.33. The van der Waals surface area contributed by atoms with Crippen LogP contribution >= 0.6 is 0 Å². The average Bonchev–Trinajstić information content (AvgIpc) is 2.45. The Morgan fingerprint density at radius 3 is 2.47 bits per heavy atom. The minimum absolute atomic E-state index is 0.142. The number of hydrogen-bond donors (Lipinski definition) is 2. The maximum Gasteiger partial charge on any atom is 0.291 e. The summed E-state index contributed by atoms with van der Waals surface area (Å²) in [6, 6.07) is 9.20. The van der Waals surface area contributed by atoms with E-state index < -0.39 is 11.7 Å². The summed E-state index contributed by atoms with van der Waals surface area (Å²) in [6.45, 7) is 0.142. The molecule has 0 spiro atoms. The fourth-order valence-electron chi connectivity index (χ4n) is 1.31. The fraction of sp³-hybridized carbons (Fsp3) is 0.214. The number of amides is 2. The SMILES string of the molecule is CNC(=O)CCNC(=O)C(=O)C=Cc1ccccc1. The molecule has 1 aromatic rings. The molecule has 2 amide bonds. The van der Waals surface area contributed by atoms with Crippen molar-refractivity contribution < 1.29 is 14.4 Å². The van der Waals surface area contributed by atoms with Gasteiger partial charge in [0.2, 0.25) is 11.7 Å². The average molecular weight is 260 g/mol. The van der Waals surface area contributed by atoms with Gasteiger partial charge in [-0.25, -0.2) is 0 Å². The quantitative estimate of drug-likeness (QED) is 0.578. The highest BCUT2D eigenvalue weighted by Crippen LogP contribution is 2.00. The normalized spacial score (nSPS) is 10.2. The molecule has 0 atom stereocenters. The Balaban J connectivity index is 2.39. The van der Waals surface area contributed by atoms with Crippen LogP contribution in [0.1, 0.15) is 12.0 Å². The Morgan fingerprint density at radius 2 is 1.84 bits per heavy atom. The topological polar surface area (TPSA) is 75.3 Å². The van der Waals surface area contributed by atoms with Crippen LogP contribution in [-0.4, -0.2) is 31.2 Å². The first-order chi connectivity index (χ1) is 9.13. The maximum atomic E-state index is 11.5. The van der Waals surface area contributed by atoms with Crippen molar-refractivity contribution in [1.29, 1.82) is 0 Å². The van der Waals surface area contributed by atoms with Crippen LogP contribution in [0.25, 0.3) is 6.08 Å². The van der Waals surface area contributed by atoms with Crippen LogP contribution in [0.15, 0.2) is 36.4 Å². The zero-order valence-electron chi connectivity index (χ0n) is 10.7. The van der Waals surface area contributed by atoms with Gasteiger partial charge >= 0.3 is 0 Å². The smallest absolute Gasteiger partial charge is 0.291 e. The second kappa shape index (κ2) is 7.81. The predicted octanol–water partition coefficient (Wildman–Crippen LogP) is 0.521. The molecule has 1 rings (SSSR count). The first-order valence-corrected chi connectivity index (χ1v) is 5.89. The fourth-order valence-corrected chi connectivity index (χ4v) is 1.31. The first-order valence-electron chi connectivity index (χ1n) is 5.89. The molecule has 0 heterocycles. The Morgan fingerprint density at radius 1 is 1.16 bits per heavy atom. The van der Waals surface area contributed by atoms with Gasteiger partial charge in [0.15, 0.2) is 0 Å². The van der Waals surface area contributed by atoms with E-state index in [1.54, 1.807) is 6.08 Å². The number of carbonyl (C=O) groups excluding carboxylic acids is 3. The molecule has 0 aromatic heterocycles. The molecule has 1 aromatic carbocycles. The lowest BCUT2D eigenvalue weighted by atomic mass is 10.2. The molecule has 2 N–H and O–H groups in total. The molecule has 0 aliphatic heterocycles. The van der Waals surface area contributed by atoms with Crippen molar-refractivity contribution in [3.05, 3.63) is 42.0 Å². The first kappa shape index (κ1) is 14.6. The van der Waals surface area contributed by atoms with Crippen LogP contribution in [0.5, 0.6) is 0 Å². The minimum atomic E-state index is -0.712. The summed E-state index contributed by atoms with van der Waals surface area (Å²) in [4.78, 5) is 33.8. The predicted molar refractivity (Wildman–Crippen MR) is 72.2 cm³/mol. The van der Waals surface area contributed by atoms with Crippen LogP contribution in [0, 0.1) is 0 Å². The Labute approximate surface area is 111 Å². The van der Waals surface area contributed by atoms with E-state index in [1.165, 1.54) is 13.1 Å². The van der Waals surface area contributed by atoms with Gasteiger partial charge in [-0.05, 0) is 11.6 Å². The highest BCUT2D eigenvalue weighted by atomic mass is 16.2. The molecule has 0 bridgehead atoms. The third kappa shape index (κ3) is 5.63. The molecular formula is C14H16N2O3. The summed E-state index contributed by atoms with van der Waals surface area (Å²) in [5, 5.41) is 4.81. The maximum absolute atomic E-state index is 11.5. The van der Waals surface area contributed by atoms with E-state index in [9.17, 15) is 14.4 Å². The van der Waals surface area contributed by atoms with E-state index >= 15 is 0 Å². The van der Waals surface area contributed by atoms with E-state index in [-0.39, 0.29) is 18.9 Å². The minimum Gasteiger partial charge on any atom is -0.359 e. The molecule has 5 heteroatoms. The van der Waals surface area contributed by atoms with Crippen molar-refractivity contribution in [2.45, 2.75) is 6.42 Å². The third-order valence-electron chi connectivity index (χ3n) is 2.37. The van der Waals surface area contributed by atoms with Crippen molar-refractivity contribution in [2.24, 2.45) is 0 Å². The van der Waals surface area contributed by atoms with Crippen molar-refractivity contribution in [3.8, 4) is 0 Å². The molecule has 0 saturated heterocycles. The number of nitrogens with one attached hydrogen (secondary N) is 2. The molecule has 0 aliphatic rings. The largest absolute Gasteiger partial charge is 0.359 e. The molecule has 0 unspecified atom stereocenters. The Bertz CT molecular complexity index is 481. The van der Waals surface area contributed by atoms with E-state index in [0.29, 0.717) is 0 Å². The van der Waals surface area contributed by atoms with Crippen molar-refractivity contribution in [3.63, 3.8) is 0 Å². The molecule has 19 heavy (non-hydrogen) atoms. The zero-order valence-corrected chi connectivity index (χ0v) is 10.7. The Hall–Kier alpha value is -2.43. The summed E-state index contributed by atoms with van der Waals surface area (Å²) in [5.41, 5.74) is 0.842. The number of carbonyl (C=O) groups is 3. The van der Waals surface area contributed by atoms with Gasteiger partial charge < -0.3 is 10.6 Å². The lowest BCUT2D eigenvalue weighted by Gasteiger charge is -2.01. The van der Waals surface area contributed by atoms with E-state index in [4.69, 9.17) is 0 Å².